The summed E-state index contributed by atoms with van der Waals surface area (Å²) in [4.78, 5) is 7.49. The van der Waals surface area contributed by atoms with Crippen molar-refractivity contribution in [2.75, 3.05) is 19.6 Å². The molecule has 0 aliphatic carbocycles. The summed E-state index contributed by atoms with van der Waals surface area (Å²) in [6, 6.07) is 63.2. The molecule has 0 atom stereocenters. The Morgan fingerprint density at radius 2 is 0.735 bits per heavy atom. The Bertz CT molecular complexity index is 7050. The van der Waals surface area contributed by atoms with Gasteiger partial charge in [0.1, 0.15) is 11.5 Å². The predicted molar refractivity (Wildman–Crippen MR) is 429 cm³/mol. The fraction of sp³-hybridized carbons (Fsp3) is 0.0426. The summed E-state index contributed by atoms with van der Waals surface area (Å²) in [7, 11) is 0. The molecule has 0 radical (unpaired) electrons. The van der Waals surface area contributed by atoms with Crippen LogP contribution >= 0.6 is 0 Å². The molecule has 6 nitrogen and oxygen atoms in total. The molecule has 21 rings (SSSR count). The van der Waals surface area contributed by atoms with E-state index < -0.39 is 115 Å². The average Bonchev–Trinajstić information content (AvgIpc) is 0.660. The van der Waals surface area contributed by atoms with Crippen LogP contribution in [0.15, 0.2) is 339 Å². The van der Waals surface area contributed by atoms with Crippen LogP contribution in [0.4, 0.5) is 68.2 Å². The molecule has 0 N–H and O–H groups in total. The molecule has 0 bridgehead atoms. The fourth-order valence-electron chi connectivity index (χ4n) is 16.3. The monoisotopic (exact) mass is 1320 g/mol. The van der Waals surface area contributed by atoms with Gasteiger partial charge in [-0.3, -0.25) is 0 Å². The Balaban J connectivity index is 1.03. The zero-order chi connectivity index (χ0) is 83.1. The maximum absolute atomic E-state index is 12.2. The van der Waals surface area contributed by atoms with E-state index >= 15 is 0 Å². The van der Waals surface area contributed by atoms with Crippen molar-refractivity contribution >= 4 is 136 Å². The van der Waals surface area contributed by atoms with Crippen molar-refractivity contribution < 1.29 is 29.4 Å². The normalized spacial score (nSPS) is 15.9. The lowest BCUT2D eigenvalue weighted by molar-refractivity contribution is 0.491. The number of aromatic nitrogens is 1. The van der Waals surface area contributed by atoms with Crippen LogP contribution in [0, 0.1) is 0 Å². The number of anilines is 12. The smallest absolute Gasteiger partial charge is 0.261 e. The maximum Gasteiger partial charge on any atom is 0.261 e. The molecule has 478 valence electrons. The predicted octanol–water partition coefficient (Wildman–Crippen LogP) is 21.0. The number of hydrogen-bond donors (Lipinski definition) is 0. The highest BCUT2D eigenvalue weighted by Gasteiger charge is 2.54. The van der Waals surface area contributed by atoms with Gasteiger partial charge in [-0.2, -0.15) is 0 Å². The highest BCUT2D eigenvalue weighted by molar-refractivity contribution is 7.04. The number of ether oxygens (including phenoxy) is 1. The van der Waals surface area contributed by atoms with E-state index in [0.29, 0.717) is 67.3 Å². The number of para-hydroxylation sites is 6. The summed E-state index contributed by atoms with van der Waals surface area (Å²) >= 11 is 0. The second kappa shape index (κ2) is 22.4. The lowest BCUT2D eigenvalue weighted by Gasteiger charge is -2.50. The molecular formula is C94H65B2N5O. The molecule has 0 saturated heterocycles. The van der Waals surface area contributed by atoms with Crippen LogP contribution in [0.1, 0.15) is 51.0 Å². The Hall–Kier alpha value is -12.8. The molecule has 5 aliphatic heterocycles. The van der Waals surface area contributed by atoms with E-state index in [0.717, 1.165) is 32.4 Å². The average molecular weight is 1320 g/mol. The Morgan fingerprint density at radius 1 is 0.324 bits per heavy atom. The molecule has 16 aromatic rings. The van der Waals surface area contributed by atoms with E-state index in [9.17, 15) is 21.9 Å². The van der Waals surface area contributed by atoms with Gasteiger partial charge in [0.25, 0.3) is 13.4 Å². The topological polar surface area (TPSA) is 27.1 Å². The highest BCUT2D eigenvalue weighted by atomic mass is 16.5. The number of fused-ring (bicyclic) bond motifs is 8. The molecule has 0 saturated carbocycles. The highest BCUT2D eigenvalue weighted by Crippen LogP contribution is 2.57. The largest absolute Gasteiger partial charge is 0.459 e. The Labute approximate surface area is 619 Å². The second-order valence-electron chi connectivity index (χ2n) is 27.2. The second-order valence-corrected chi connectivity index (χ2v) is 27.2. The quantitative estimate of drug-likeness (QED) is 0.134. The summed E-state index contributed by atoms with van der Waals surface area (Å²) in [6.07, 6.45) is 0. The van der Waals surface area contributed by atoms with Gasteiger partial charge in [0.15, 0.2) is 0 Å². The molecule has 1 aromatic heterocycles. The van der Waals surface area contributed by atoms with Crippen LogP contribution in [-0.2, 0) is 5.41 Å². The van der Waals surface area contributed by atoms with E-state index in [-0.39, 0.29) is 107 Å². The SMILES string of the molecule is [2H]c1c([2H])c2c3c(c1[2H])N(c1ccccc1)c1c([2H])c([2H])c([2H])c4c1B3c1c(c3c(c([2H])c1N4c1ccccc1)N(c1c(-c4ccccc4)cccc1-c1ccccc1)c1cc(C(C)(C)C)cc4c1B3c1c([2H])c([2H])c(-n3c5c([2H])c([2H])c([2H])c([2H])c5c5c([2H])c([2H])c([2H])c([2H])c53)c([2H])c1N4c1c(-c3ccccc3)cccc1-c1ccccc1)O2. The molecule has 5 aliphatic rings. The van der Waals surface area contributed by atoms with Crippen molar-refractivity contribution in [3.05, 3.63) is 345 Å². The van der Waals surface area contributed by atoms with Gasteiger partial charge in [0, 0.05) is 95.6 Å². The van der Waals surface area contributed by atoms with Crippen LogP contribution in [0.3, 0.4) is 0 Å². The third-order valence-corrected chi connectivity index (χ3v) is 20.7. The maximum atomic E-state index is 12.2. The summed E-state index contributed by atoms with van der Waals surface area (Å²) < 4.78 is 194. The molecule has 102 heavy (non-hydrogen) atoms. The zero-order valence-electron chi connectivity index (χ0n) is 73.2. The first-order chi connectivity index (χ1) is 57.8. The molecule has 0 amide bonds. The summed E-state index contributed by atoms with van der Waals surface area (Å²) in [5.41, 5.74) is 8.94. The zero-order valence-corrected chi connectivity index (χ0v) is 55.2. The van der Waals surface area contributed by atoms with E-state index in [2.05, 4.69) is 37.8 Å². The van der Waals surface area contributed by atoms with Gasteiger partial charge in [0.2, 0.25) is 0 Å². The van der Waals surface area contributed by atoms with Crippen LogP contribution < -0.4 is 57.1 Å². The molecular weight excluding hydrogens is 1240 g/mol. The van der Waals surface area contributed by atoms with Crippen molar-refractivity contribution in [1.29, 1.82) is 0 Å². The molecule has 0 fully saturated rings. The number of rotatable bonds is 9. The van der Waals surface area contributed by atoms with E-state index in [1.807, 2.05) is 199 Å². The van der Waals surface area contributed by atoms with Crippen LogP contribution in [0.5, 0.6) is 11.5 Å². The van der Waals surface area contributed by atoms with Gasteiger partial charge in [-0.05, 0) is 157 Å². The fourth-order valence-corrected chi connectivity index (χ4v) is 16.3. The first kappa shape index (κ1) is 42.9. The van der Waals surface area contributed by atoms with Gasteiger partial charge in [0.05, 0.1) is 47.1 Å². The lowest BCUT2D eigenvalue weighted by atomic mass is 9.29. The minimum atomic E-state index is -1.49. The molecule has 8 heteroatoms. The van der Waals surface area contributed by atoms with Crippen molar-refractivity contribution in [3.63, 3.8) is 0 Å². The van der Waals surface area contributed by atoms with Crippen molar-refractivity contribution in [3.8, 4) is 61.7 Å². The standard InChI is InChI=1S/C94H65B2N5O/c1-94(2,3)64-56-81-87-82(57-64)101(92-70(62-34-14-6-15-35-62)46-27-47-71(92)63-36-16-7-17-37-63)84-59-83-90-93(102-85-53-29-52-79-88(85)96(90)86-77(97(79)65-38-18-8-19-39-65)50-28-51-78(86)98(83)66-40-20-9-21-41-66)89(84)95(87)74-55-54-67(99-75-48-24-22-42-72(75)73-43-23-25-49-76(73)99)58-80(74)100(81)91-68(60-30-10-4-11-31-60)44-26-45-69(91)61-32-12-5-13-33-61/h4-59H,1-3H3/i22D,23D,24D,25D,28D,29D,42D,43D,48D,49D,50D,51D,52D,53D,54D,55D,58D,59D. The Morgan fingerprint density at radius 3 is 1.23 bits per heavy atom. The minimum absolute atomic E-state index is 0.00118. The molecule has 0 spiro atoms. The minimum Gasteiger partial charge on any atom is -0.459 e. The summed E-state index contributed by atoms with van der Waals surface area (Å²) in [5, 5.41) is -0.624. The van der Waals surface area contributed by atoms with E-state index in [1.54, 1.807) is 34.1 Å². The van der Waals surface area contributed by atoms with Crippen molar-refractivity contribution in [2.45, 2.75) is 26.2 Å². The van der Waals surface area contributed by atoms with E-state index in [4.69, 9.17) is 7.48 Å². The summed E-state index contributed by atoms with van der Waals surface area (Å²) in [5.74, 6) is -0.173. The molecule has 0 unspecified atom stereocenters. The third kappa shape index (κ3) is 8.50. The van der Waals surface area contributed by atoms with E-state index in [1.165, 1.54) is 0 Å². The summed E-state index contributed by atoms with van der Waals surface area (Å²) in [6.45, 7) is 3.48. The van der Waals surface area contributed by atoms with Gasteiger partial charge in [-0.15, -0.1) is 0 Å². The third-order valence-electron chi connectivity index (χ3n) is 20.7. The number of benzene rings is 15. The van der Waals surface area contributed by atoms with Gasteiger partial charge >= 0.3 is 0 Å². The molecule has 6 heterocycles. The van der Waals surface area contributed by atoms with Crippen molar-refractivity contribution in [2.24, 2.45) is 0 Å². The van der Waals surface area contributed by atoms with Gasteiger partial charge < -0.3 is 28.9 Å². The van der Waals surface area contributed by atoms with Gasteiger partial charge in [-0.1, -0.05) is 269 Å². The molecule has 15 aromatic carbocycles. The number of hydrogen-bond acceptors (Lipinski definition) is 5. The lowest BCUT2D eigenvalue weighted by Crippen LogP contribution is -2.67. The van der Waals surface area contributed by atoms with Crippen LogP contribution in [0.2, 0.25) is 0 Å². The van der Waals surface area contributed by atoms with Crippen LogP contribution in [-0.4, -0.2) is 18.0 Å². The first-order valence-corrected chi connectivity index (χ1v) is 34.1. The Kier molecular flexibility index (Phi) is 9.41. The first-order valence-electron chi connectivity index (χ1n) is 43.1. The number of nitrogens with zero attached hydrogens (tertiary/aromatic N) is 5. The van der Waals surface area contributed by atoms with Crippen molar-refractivity contribution in [1.82, 2.24) is 4.57 Å². The van der Waals surface area contributed by atoms with Gasteiger partial charge in [-0.25, -0.2) is 0 Å². The van der Waals surface area contributed by atoms with Crippen LogP contribution in [0.25, 0.3) is 72.0 Å².